The zero-order chi connectivity index (χ0) is 10.3. The van der Waals surface area contributed by atoms with Gasteiger partial charge in [0.1, 0.15) is 0 Å². The van der Waals surface area contributed by atoms with Crippen LogP contribution in [-0.4, -0.2) is 11.1 Å². The lowest BCUT2D eigenvalue weighted by molar-refractivity contribution is -0.149. The Kier molecular flexibility index (Phi) is 2.44. The SMILES string of the molecule is CC1(C)CC(CC(C)(C)C(=O)O)C1. The van der Waals surface area contributed by atoms with Gasteiger partial charge in [-0.15, -0.1) is 0 Å². The van der Waals surface area contributed by atoms with Gasteiger partial charge in [0, 0.05) is 0 Å². The zero-order valence-corrected chi connectivity index (χ0v) is 9.05. The summed E-state index contributed by atoms with van der Waals surface area (Å²) in [6.07, 6.45) is 3.19. The number of hydrogen-bond donors (Lipinski definition) is 1. The second-order valence-electron chi connectivity index (χ2n) is 5.83. The van der Waals surface area contributed by atoms with Crippen LogP contribution in [0.15, 0.2) is 0 Å². The van der Waals surface area contributed by atoms with Crippen LogP contribution in [0, 0.1) is 16.7 Å². The molecule has 0 spiro atoms. The lowest BCUT2D eigenvalue weighted by Crippen LogP contribution is -2.37. The average Bonchev–Trinajstić information content (AvgIpc) is 1.81. The summed E-state index contributed by atoms with van der Waals surface area (Å²) in [7, 11) is 0. The lowest BCUT2D eigenvalue weighted by Gasteiger charge is -2.45. The van der Waals surface area contributed by atoms with Crippen molar-refractivity contribution in [3.8, 4) is 0 Å². The molecule has 76 valence electrons. The van der Waals surface area contributed by atoms with Crippen LogP contribution in [0.4, 0.5) is 0 Å². The first kappa shape index (κ1) is 10.6. The molecule has 1 rings (SSSR count). The highest BCUT2D eigenvalue weighted by Crippen LogP contribution is 2.49. The number of aliphatic carboxylic acids is 1. The first-order valence-corrected chi connectivity index (χ1v) is 4.96. The molecule has 2 heteroatoms. The maximum atomic E-state index is 10.9. The molecule has 1 aliphatic carbocycles. The van der Waals surface area contributed by atoms with Gasteiger partial charge in [0.15, 0.2) is 0 Å². The van der Waals surface area contributed by atoms with E-state index >= 15 is 0 Å². The van der Waals surface area contributed by atoms with Crippen molar-refractivity contribution >= 4 is 5.97 Å². The summed E-state index contributed by atoms with van der Waals surface area (Å²) in [5, 5.41) is 8.94. The number of hydrogen-bond acceptors (Lipinski definition) is 1. The van der Waals surface area contributed by atoms with Crippen LogP contribution in [0.3, 0.4) is 0 Å². The van der Waals surface area contributed by atoms with E-state index in [1.807, 2.05) is 13.8 Å². The molecular formula is C11H20O2. The Morgan fingerprint density at radius 3 is 2.23 bits per heavy atom. The standard InChI is InChI=1S/C11H20O2/c1-10(2)5-8(6-10)7-11(3,4)9(12)13/h8H,5-7H2,1-4H3,(H,12,13). The van der Waals surface area contributed by atoms with E-state index in [0.717, 1.165) is 6.42 Å². The van der Waals surface area contributed by atoms with Gasteiger partial charge in [-0.3, -0.25) is 4.79 Å². The molecule has 2 nitrogen and oxygen atoms in total. The molecule has 1 fully saturated rings. The molecule has 0 heterocycles. The van der Waals surface area contributed by atoms with Crippen LogP contribution in [0.5, 0.6) is 0 Å². The van der Waals surface area contributed by atoms with Gasteiger partial charge in [-0.1, -0.05) is 13.8 Å². The van der Waals surface area contributed by atoms with Crippen molar-refractivity contribution in [2.24, 2.45) is 16.7 Å². The molecule has 0 atom stereocenters. The third kappa shape index (κ3) is 2.45. The fraction of sp³-hybridized carbons (Fsp3) is 0.909. The van der Waals surface area contributed by atoms with Crippen molar-refractivity contribution in [3.05, 3.63) is 0 Å². The molecule has 0 aromatic rings. The van der Waals surface area contributed by atoms with Crippen molar-refractivity contribution in [2.45, 2.75) is 47.0 Å². The van der Waals surface area contributed by atoms with Gasteiger partial charge in [-0.25, -0.2) is 0 Å². The van der Waals surface area contributed by atoms with Crippen molar-refractivity contribution in [1.82, 2.24) is 0 Å². The van der Waals surface area contributed by atoms with Crippen molar-refractivity contribution in [2.75, 3.05) is 0 Å². The first-order valence-electron chi connectivity index (χ1n) is 4.96. The monoisotopic (exact) mass is 184 g/mol. The predicted octanol–water partition coefficient (Wildman–Crippen LogP) is 2.92. The fourth-order valence-electron chi connectivity index (χ4n) is 2.46. The Hall–Kier alpha value is -0.530. The summed E-state index contributed by atoms with van der Waals surface area (Å²) in [6, 6.07) is 0. The smallest absolute Gasteiger partial charge is 0.309 e. The zero-order valence-electron chi connectivity index (χ0n) is 9.05. The van der Waals surface area contributed by atoms with E-state index in [4.69, 9.17) is 5.11 Å². The third-order valence-corrected chi connectivity index (χ3v) is 3.06. The number of carboxylic acid groups (broad SMARTS) is 1. The maximum absolute atomic E-state index is 10.9. The van der Waals surface area contributed by atoms with E-state index in [1.165, 1.54) is 12.8 Å². The molecule has 0 aromatic heterocycles. The van der Waals surface area contributed by atoms with Gasteiger partial charge in [0.25, 0.3) is 0 Å². The molecule has 0 amide bonds. The summed E-state index contributed by atoms with van der Waals surface area (Å²) in [4.78, 5) is 10.9. The second kappa shape index (κ2) is 3.00. The summed E-state index contributed by atoms with van der Waals surface area (Å²) in [6.45, 7) is 8.13. The van der Waals surface area contributed by atoms with Crippen LogP contribution in [0.2, 0.25) is 0 Å². The molecule has 0 radical (unpaired) electrons. The summed E-state index contributed by atoms with van der Waals surface area (Å²) >= 11 is 0. The van der Waals surface area contributed by atoms with E-state index in [0.29, 0.717) is 11.3 Å². The maximum Gasteiger partial charge on any atom is 0.309 e. The Bertz CT molecular complexity index is 208. The minimum Gasteiger partial charge on any atom is -0.481 e. The van der Waals surface area contributed by atoms with Gasteiger partial charge < -0.3 is 5.11 Å². The van der Waals surface area contributed by atoms with E-state index in [-0.39, 0.29) is 0 Å². The van der Waals surface area contributed by atoms with Gasteiger partial charge in [0.05, 0.1) is 5.41 Å². The highest BCUT2D eigenvalue weighted by atomic mass is 16.4. The van der Waals surface area contributed by atoms with Gasteiger partial charge in [-0.2, -0.15) is 0 Å². The molecule has 0 aromatic carbocycles. The number of rotatable bonds is 3. The van der Waals surface area contributed by atoms with Crippen molar-refractivity contribution in [3.63, 3.8) is 0 Å². The minimum absolute atomic E-state index is 0.458. The summed E-state index contributed by atoms with van der Waals surface area (Å²) < 4.78 is 0. The molecule has 0 aliphatic heterocycles. The van der Waals surface area contributed by atoms with Crippen LogP contribution in [-0.2, 0) is 4.79 Å². The van der Waals surface area contributed by atoms with Crippen LogP contribution in [0.1, 0.15) is 47.0 Å². The largest absolute Gasteiger partial charge is 0.481 e. The van der Waals surface area contributed by atoms with Crippen molar-refractivity contribution < 1.29 is 9.90 Å². The van der Waals surface area contributed by atoms with Crippen LogP contribution in [0.25, 0.3) is 0 Å². The Morgan fingerprint density at radius 2 is 1.92 bits per heavy atom. The Labute approximate surface area is 80.3 Å². The molecule has 1 aliphatic rings. The molecular weight excluding hydrogens is 164 g/mol. The van der Waals surface area contributed by atoms with E-state index in [9.17, 15) is 4.79 Å². The van der Waals surface area contributed by atoms with Crippen LogP contribution >= 0.6 is 0 Å². The van der Waals surface area contributed by atoms with Crippen LogP contribution < -0.4 is 0 Å². The molecule has 0 bridgehead atoms. The molecule has 0 saturated heterocycles. The van der Waals surface area contributed by atoms with E-state index in [2.05, 4.69) is 13.8 Å². The first-order chi connectivity index (χ1) is 5.73. The fourth-order valence-corrected chi connectivity index (χ4v) is 2.46. The minimum atomic E-state index is -0.669. The Balaban J connectivity index is 2.40. The van der Waals surface area contributed by atoms with E-state index in [1.54, 1.807) is 0 Å². The molecule has 0 unspecified atom stereocenters. The second-order valence-corrected chi connectivity index (χ2v) is 5.83. The predicted molar refractivity (Wildman–Crippen MR) is 52.5 cm³/mol. The highest BCUT2D eigenvalue weighted by molar-refractivity contribution is 5.73. The summed E-state index contributed by atoms with van der Waals surface area (Å²) in [5.41, 5.74) is -0.0829. The third-order valence-electron chi connectivity index (χ3n) is 3.06. The molecule has 13 heavy (non-hydrogen) atoms. The van der Waals surface area contributed by atoms with Gasteiger partial charge in [-0.05, 0) is 44.4 Å². The van der Waals surface area contributed by atoms with Crippen molar-refractivity contribution in [1.29, 1.82) is 0 Å². The lowest BCUT2D eigenvalue weighted by atomic mass is 9.60. The topological polar surface area (TPSA) is 37.3 Å². The normalized spacial score (nSPS) is 22.5. The van der Waals surface area contributed by atoms with Gasteiger partial charge >= 0.3 is 5.97 Å². The quantitative estimate of drug-likeness (QED) is 0.732. The number of carbonyl (C=O) groups is 1. The number of carboxylic acids is 1. The summed E-state index contributed by atoms with van der Waals surface area (Å²) in [5.74, 6) is -0.0432. The highest BCUT2D eigenvalue weighted by Gasteiger charge is 2.40. The average molecular weight is 184 g/mol. The van der Waals surface area contributed by atoms with Gasteiger partial charge in [0.2, 0.25) is 0 Å². The Morgan fingerprint density at radius 1 is 1.46 bits per heavy atom. The molecule has 1 N–H and O–H groups in total. The molecule has 1 saturated carbocycles. The van der Waals surface area contributed by atoms with E-state index < -0.39 is 11.4 Å².